The second-order valence-corrected chi connectivity index (χ2v) is 8.27. The van der Waals surface area contributed by atoms with E-state index in [0.29, 0.717) is 12.8 Å². The van der Waals surface area contributed by atoms with E-state index in [2.05, 4.69) is 4.72 Å². The monoisotopic (exact) mass is 356 g/mol. The lowest BCUT2D eigenvalue weighted by atomic mass is 9.82. The summed E-state index contributed by atoms with van der Waals surface area (Å²) in [5.74, 6) is -3.15. The molecule has 1 heterocycles. The zero-order valence-electron chi connectivity index (χ0n) is 12.7. The molecule has 0 aromatic carbocycles. The second-order valence-electron chi connectivity index (χ2n) is 6.52. The molecule has 12 heteroatoms. The fourth-order valence-corrected chi connectivity index (χ4v) is 4.15. The van der Waals surface area contributed by atoms with Crippen LogP contribution in [0.25, 0.3) is 0 Å². The molecular formula is C11H23BF2N4O4S. The van der Waals surface area contributed by atoms with Crippen molar-refractivity contribution in [2.24, 2.45) is 17.4 Å². The molecule has 0 aromatic heterocycles. The number of alkyl halides is 2. The number of hydrogen-bond donors (Lipinski definition) is 5. The summed E-state index contributed by atoms with van der Waals surface area (Å²) in [6.07, 6.45) is 0.729. The van der Waals surface area contributed by atoms with Crippen LogP contribution in [0.3, 0.4) is 0 Å². The van der Waals surface area contributed by atoms with Crippen molar-refractivity contribution in [3.8, 4) is 0 Å². The lowest BCUT2D eigenvalue weighted by Gasteiger charge is -2.19. The lowest BCUT2D eigenvalue weighted by molar-refractivity contribution is 0.0905. The van der Waals surface area contributed by atoms with Crippen LogP contribution in [0.1, 0.15) is 19.3 Å². The van der Waals surface area contributed by atoms with Crippen molar-refractivity contribution in [1.82, 2.24) is 9.03 Å². The molecule has 0 spiro atoms. The van der Waals surface area contributed by atoms with Gasteiger partial charge in [-0.15, -0.1) is 0 Å². The third-order valence-corrected chi connectivity index (χ3v) is 6.03. The molecule has 134 valence electrons. The fourth-order valence-electron chi connectivity index (χ4n) is 2.78. The predicted molar refractivity (Wildman–Crippen MR) is 80.7 cm³/mol. The van der Waals surface area contributed by atoms with Gasteiger partial charge >= 0.3 is 7.12 Å². The van der Waals surface area contributed by atoms with Crippen molar-refractivity contribution < 1.29 is 27.2 Å². The van der Waals surface area contributed by atoms with E-state index >= 15 is 0 Å². The molecule has 2 rings (SSSR count). The molecule has 7 N–H and O–H groups in total. The molecule has 1 aliphatic heterocycles. The zero-order valence-corrected chi connectivity index (χ0v) is 13.5. The first kappa shape index (κ1) is 19.0. The third-order valence-electron chi connectivity index (χ3n) is 4.55. The molecule has 0 amide bonds. The van der Waals surface area contributed by atoms with Gasteiger partial charge in [0, 0.05) is 32.1 Å². The summed E-state index contributed by atoms with van der Waals surface area (Å²) < 4.78 is 53.7. The third kappa shape index (κ3) is 4.38. The maximum atomic E-state index is 13.0. The Morgan fingerprint density at radius 3 is 2.48 bits per heavy atom. The standard InChI is InChI=1S/C11H23BF2N4O4S/c13-11(14)6-10(11,16)7-17-23(21,22)18-4-8(9(15)5-18)2-1-3-12(19)20/h8-9,17,19-20H,1-7,15-16H2/t8-,9-,10?/m0/s1. The Labute approximate surface area is 134 Å². The number of hydrogen-bond acceptors (Lipinski definition) is 6. The van der Waals surface area contributed by atoms with Gasteiger partial charge in [0.15, 0.2) is 0 Å². The summed E-state index contributed by atoms with van der Waals surface area (Å²) in [6.45, 7) is -0.253. The first-order valence-electron chi connectivity index (χ1n) is 7.50. The van der Waals surface area contributed by atoms with Crippen LogP contribution in [0.15, 0.2) is 0 Å². The van der Waals surface area contributed by atoms with Gasteiger partial charge in [-0.25, -0.2) is 13.5 Å². The Morgan fingerprint density at radius 2 is 1.96 bits per heavy atom. The second kappa shape index (κ2) is 6.50. The Bertz CT molecular complexity index is 538. The van der Waals surface area contributed by atoms with Gasteiger partial charge in [0.25, 0.3) is 16.1 Å². The number of rotatable bonds is 8. The van der Waals surface area contributed by atoms with Gasteiger partial charge in [-0.1, -0.05) is 6.42 Å². The van der Waals surface area contributed by atoms with Crippen molar-refractivity contribution in [3.63, 3.8) is 0 Å². The average Bonchev–Trinajstić information content (AvgIpc) is 2.74. The highest BCUT2D eigenvalue weighted by atomic mass is 32.2. The fraction of sp³-hybridized carbons (Fsp3) is 1.00. The molecule has 1 saturated heterocycles. The summed E-state index contributed by atoms with van der Waals surface area (Å²) in [7, 11) is -5.31. The highest BCUT2D eigenvalue weighted by molar-refractivity contribution is 7.87. The van der Waals surface area contributed by atoms with Crippen molar-refractivity contribution in [2.45, 2.75) is 43.1 Å². The van der Waals surface area contributed by atoms with E-state index in [1.165, 1.54) is 0 Å². The molecule has 1 saturated carbocycles. The molecule has 0 bridgehead atoms. The molecule has 23 heavy (non-hydrogen) atoms. The lowest BCUT2D eigenvalue weighted by Crippen LogP contribution is -2.48. The van der Waals surface area contributed by atoms with Crippen molar-refractivity contribution in [2.75, 3.05) is 19.6 Å². The molecule has 3 atom stereocenters. The van der Waals surface area contributed by atoms with Crippen LogP contribution in [0, 0.1) is 5.92 Å². The summed E-state index contributed by atoms with van der Waals surface area (Å²) in [5, 5.41) is 17.6. The number of halogens is 2. The van der Waals surface area contributed by atoms with E-state index in [1.54, 1.807) is 0 Å². The van der Waals surface area contributed by atoms with E-state index in [9.17, 15) is 17.2 Å². The minimum atomic E-state index is -3.92. The minimum Gasteiger partial charge on any atom is -0.427 e. The van der Waals surface area contributed by atoms with Gasteiger partial charge in [0.1, 0.15) is 0 Å². The van der Waals surface area contributed by atoms with E-state index in [4.69, 9.17) is 21.5 Å². The van der Waals surface area contributed by atoms with Crippen LogP contribution in [0.4, 0.5) is 8.78 Å². The van der Waals surface area contributed by atoms with Crippen LogP contribution in [0.2, 0.25) is 6.32 Å². The van der Waals surface area contributed by atoms with Gasteiger partial charge in [0.2, 0.25) is 0 Å². The Balaban J connectivity index is 1.84. The quantitative estimate of drug-likeness (QED) is 0.321. The largest absolute Gasteiger partial charge is 0.451 e. The first-order chi connectivity index (χ1) is 10.5. The summed E-state index contributed by atoms with van der Waals surface area (Å²) in [4.78, 5) is 0. The van der Waals surface area contributed by atoms with Crippen molar-refractivity contribution in [1.29, 1.82) is 0 Å². The van der Waals surface area contributed by atoms with Crippen LogP contribution in [-0.4, -0.2) is 67.0 Å². The van der Waals surface area contributed by atoms with Gasteiger partial charge in [-0.3, -0.25) is 0 Å². The van der Waals surface area contributed by atoms with Crippen LogP contribution in [-0.2, 0) is 10.2 Å². The molecular weight excluding hydrogens is 333 g/mol. The number of nitrogens with zero attached hydrogens (tertiary/aromatic N) is 1. The Morgan fingerprint density at radius 1 is 1.35 bits per heavy atom. The SMILES string of the molecule is N[C@H]1CN(S(=O)(=O)NCC2(N)CC2(F)F)C[C@@H]1CCCB(O)O. The van der Waals surface area contributed by atoms with Crippen LogP contribution < -0.4 is 16.2 Å². The Kier molecular flexibility index (Phi) is 5.36. The number of nitrogens with two attached hydrogens (primary N) is 2. The van der Waals surface area contributed by atoms with Crippen LogP contribution >= 0.6 is 0 Å². The van der Waals surface area contributed by atoms with E-state index in [1.807, 2.05) is 0 Å². The summed E-state index contributed by atoms with van der Waals surface area (Å²) in [5.41, 5.74) is 9.52. The highest BCUT2D eigenvalue weighted by Crippen LogP contribution is 2.50. The topological polar surface area (TPSA) is 142 Å². The van der Waals surface area contributed by atoms with E-state index in [0.717, 1.165) is 4.31 Å². The summed E-state index contributed by atoms with van der Waals surface area (Å²) >= 11 is 0. The van der Waals surface area contributed by atoms with Gasteiger partial charge in [-0.2, -0.15) is 12.7 Å². The minimum absolute atomic E-state index is 0.0929. The first-order valence-corrected chi connectivity index (χ1v) is 8.94. The molecule has 8 nitrogen and oxygen atoms in total. The number of nitrogens with one attached hydrogen (secondary N) is 1. The molecule has 0 aromatic rings. The molecule has 1 aliphatic carbocycles. The van der Waals surface area contributed by atoms with Crippen molar-refractivity contribution >= 4 is 17.3 Å². The maximum Gasteiger partial charge on any atom is 0.451 e. The van der Waals surface area contributed by atoms with Crippen LogP contribution in [0.5, 0.6) is 0 Å². The molecule has 2 fully saturated rings. The smallest absolute Gasteiger partial charge is 0.427 e. The summed E-state index contributed by atoms with van der Waals surface area (Å²) in [6, 6.07) is -0.378. The molecule has 0 radical (unpaired) electrons. The van der Waals surface area contributed by atoms with Gasteiger partial charge in [-0.05, 0) is 18.7 Å². The normalized spacial score (nSPS) is 33.8. The van der Waals surface area contributed by atoms with Gasteiger partial charge in [0.05, 0.1) is 5.54 Å². The predicted octanol–water partition coefficient (Wildman–Crippen LogP) is -1.93. The Hall–Kier alpha value is -0.365. The van der Waals surface area contributed by atoms with E-state index in [-0.39, 0.29) is 31.4 Å². The molecule has 1 unspecified atom stereocenters. The highest BCUT2D eigenvalue weighted by Gasteiger charge is 2.69. The van der Waals surface area contributed by atoms with E-state index < -0.39 is 41.8 Å². The maximum absolute atomic E-state index is 13.0. The average molecular weight is 356 g/mol. The van der Waals surface area contributed by atoms with Crippen molar-refractivity contribution in [3.05, 3.63) is 0 Å². The zero-order chi connectivity index (χ0) is 17.5. The molecule has 2 aliphatic rings. The van der Waals surface area contributed by atoms with Gasteiger partial charge < -0.3 is 21.5 Å².